The number of nitrogens with zero attached hydrogens (tertiary/aromatic N) is 3. The van der Waals surface area contributed by atoms with Crippen LogP contribution in [-0.4, -0.2) is 22.6 Å². The van der Waals surface area contributed by atoms with E-state index in [4.69, 9.17) is 10.5 Å². The molecule has 0 unspecified atom stereocenters. The number of nitrogens with one attached hydrogen (secondary N) is 1. The number of carbonyl (C=O) groups is 1. The number of anilines is 1. The fraction of sp³-hybridized carbons (Fsp3) is 0.160. The highest BCUT2D eigenvalue weighted by Gasteiger charge is 2.60. The van der Waals surface area contributed by atoms with Crippen LogP contribution >= 0.6 is 11.8 Å². The summed E-state index contributed by atoms with van der Waals surface area (Å²) in [5, 5.41) is 17.5. The molecule has 33 heavy (non-hydrogen) atoms. The molecule has 2 aliphatic rings. The third kappa shape index (κ3) is 2.97. The number of fused-ring (bicyclic) bond motifs is 4. The molecule has 0 fully saturated rings. The van der Waals surface area contributed by atoms with Gasteiger partial charge >= 0.3 is 0 Å². The summed E-state index contributed by atoms with van der Waals surface area (Å²) in [4.78, 5) is 16.8. The molecule has 3 N–H and O–H groups in total. The Kier molecular flexibility index (Phi) is 4.99. The molecule has 3 heterocycles. The van der Waals surface area contributed by atoms with Gasteiger partial charge in [-0.25, -0.2) is 0 Å². The van der Waals surface area contributed by atoms with Gasteiger partial charge in [-0.3, -0.25) is 9.89 Å². The Bertz CT molecular complexity index is 1350. The van der Waals surface area contributed by atoms with E-state index in [2.05, 4.69) is 47.1 Å². The average molecular weight is 456 g/mol. The number of rotatable bonds is 5. The number of benzene rings is 2. The van der Waals surface area contributed by atoms with Crippen molar-refractivity contribution in [2.45, 2.75) is 23.0 Å². The number of nitrogens with two attached hydrogens (primary N) is 1. The van der Waals surface area contributed by atoms with Crippen LogP contribution in [0.3, 0.4) is 0 Å². The summed E-state index contributed by atoms with van der Waals surface area (Å²) < 4.78 is 5.72. The second-order valence-corrected chi connectivity index (χ2v) is 8.96. The molecule has 164 valence electrons. The Morgan fingerprint density at radius 3 is 2.79 bits per heavy atom. The number of aromatic amines is 1. The Morgan fingerprint density at radius 1 is 1.30 bits per heavy atom. The van der Waals surface area contributed by atoms with Crippen molar-refractivity contribution in [1.82, 2.24) is 10.2 Å². The van der Waals surface area contributed by atoms with Crippen LogP contribution in [0.2, 0.25) is 0 Å². The number of aryl methyl sites for hydroxylation is 1. The van der Waals surface area contributed by atoms with Crippen LogP contribution in [0, 0.1) is 18.3 Å². The van der Waals surface area contributed by atoms with E-state index in [9.17, 15) is 10.1 Å². The zero-order valence-electron chi connectivity index (χ0n) is 18.0. The number of para-hydroxylation sites is 1. The van der Waals surface area contributed by atoms with Crippen molar-refractivity contribution in [3.05, 3.63) is 95.0 Å². The van der Waals surface area contributed by atoms with Crippen molar-refractivity contribution < 1.29 is 9.53 Å². The molecule has 0 radical (unpaired) electrons. The maximum absolute atomic E-state index is 14.1. The third-order valence-electron chi connectivity index (χ3n) is 6.00. The molecule has 3 aromatic rings. The van der Waals surface area contributed by atoms with Crippen LogP contribution in [-0.2, 0) is 16.0 Å². The molecule has 7 nitrogen and oxygen atoms in total. The van der Waals surface area contributed by atoms with E-state index in [0.29, 0.717) is 34.8 Å². The molecular weight excluding hydrogens is 434 g/mol. The molecule has 0 aliphatic carbocycles. The van der Waals surface area contributed by atoms with Gasteiger partial charge in [0.1, 0.15) is 17.1 Å². The first-order valence-corrected chi connectivity index (χ1v) is 11.4. The Labute approximate surface area is 195 Å². The van der Waals surface area contributed by atoms with Crippen LogP contribution in [0.1, 0.15) is 22.4 Å². The zero-order valence-corrected chi connectivity index (χ0v) is 18.8. The van der Waals surface area contributed by atoms with Crippen LogP contribution in [0.15, 0.2) is 77.5 Å². The first-order chi connectivity index (χ1) is 16.0. The lowest BCUT2D eigenvalue weighted by Crippen LogP contribution is -2.46. The summed E-state index contributed by atoms with van der Waals surface area (Å²) in [5.41, 5.74) is 8.64. The quantitative estimate of drug-likeness (QED) is 0.446. The summed E-state index contributed by atoms with van der Waals surface area (Å²) in [7, 11) is 0. The molecule has 0 saturated carbocycles. The topological polar surface area (TPSA) is 108 Å². The minimum atomic E-state index is -1.43. The van der Waals surface area contributed by atoms with E-state index in [-0.39, 0.29) is 23.2 Å². The van der Waals surface area contributed by atoms with Crippen LogP contribution in [0.5, 0.6) is 5.88 Å². The number of thioether (sulfide) groups is 1. The Hall–Kier alpha value is -3.96. The average Bonchev–Trinajstić information content (AvgIpc) is 3.33. The lowest BCUT2D eigenvalue weighted by atomic mass is 9.69. The minimum absolute atomic E-state index is 0.0713. The van der Waals surface area contributed by atoms with Crippen molar-refractivity contribution in [2.24, 2.45) is 5.73 Å². The van der Waals surface area contributed by atoms with Gasteiger partial charge < -0.3 is 15.4 Å². The highest BCUT2D eigenvalue weighted by Crippen LogP contribution is 2.56. The number of carbonyl (C=O) groups excluding carboxylic acids is 1. The number of hydrogen-bond donors (Lipinski definition) is 2. The summed E-state index contributed by atoms with van der Waals surface area (Å²) in [6.45, 7) is 6.14. The van der Waals surface area contributed by atoms with Gasteiger partial charge in [-0.1, -0.05) is 42.0 Å². The normalized spacial score (nSPS) is 18.7. The monoisotopic (exact) mass is 455 g/mol. The molecule has 1 aromatic heterocycles. The smallest absolute Gasteiger partial charge is 0.248 e. The fourth-order valence-corrected chi connectivity index (χ4v) is 5.41. The van der Waals surface area contributed by atoms with Gasteiger partial charge in [-0.05, 0) is 25.1 Å². The number of nitriles is 1. The van der Waals surface area contributed by atoms with Gasteiger partial charge in [0.25, 0.3) is 0 Å². The maximum atomic E-state index is 14.1. The number of hydrogen-bond acceptors (Lipinski definition) is 6. The molecule has 0 saturated heterocycles. The van der Waals surface area contributed by atoms with E-state index in [1.165, 1.54) is 5.56 Å². The Morgan fingerprint density at radius 2 is 2.06 bits per heavy atom. The van der Waals surface area contributed by atoms with Gasteiger partial charge in [0.05, 0.1) is 11.3 Å². The van der Waals surface area contributed by atoms with Crippen LogP contribution in [0.25, 0.3) is 0 Å². The number of aromatic nitrogens is 2. The molecule has 1 amide bonds. The van der Waals surface area contributed by atoms with Crippen molar-refractivity contribution in [1.29, 1.82) is 5.26 Å². The van der Waals surface area contributed by atoms with Crippen molar-refractivity contribution in [2.75, 3.05) is 11.4 Å². The van der Waals surface area contributed by atoms with E-state index < -0.39 is 5.41 Å². The molecule has 2 aliphatic heterocycles. The SMILES string of the molecule is C=CCN1C(=O)[C@]2(C(C#N)=C(N)Oc3n[nH]c(CSc4ccc(C)cc4)c32)c2ccccc21. The van der Waals surface area contributed by atoms with Gasteiger partial charge in [0, 0.05) is 28.4 Å². The van der Waals surface area contributed by atoms with Gasteiger partial charge in [-0.15, -0.1) is 23.4 Å². The summed E-state index contributed by atoms with van der Waals surface area (Å²) in [5.74, 6) is 0.342. The highest BCUT2D eigenvalue weighted by atomic mass is 32.2. The maximum Gasteiger partial charge on any atom is 0.248 e. The van der Waals surface area contributed by atoms with E-state index in [0.717, 1.165) is 4.90 Å². The molecule has 1 spiro atoms. The van der Waals surface area contributed by atoms with Crippen LogP contribution < -0.4 is 15.4 Å². The van der Waals surface area contributed by atoms with Gasteiger partial charge in [0.15, 0.2) is 0 Å². The predicted molar refractivity (Wildman–Crippen MR) is 127 cm³/mol. The number of amides is 1. The zero-order chi connectivity index (χ0) is 23.2. The lowest BCUT2D eigenvalue weighted by Gasteiger charge is -2.32. The lowest BCUT2D eigenvalue weighted by molar-refractivity contribution is -0.120. The highest BCUT2D eigenvalue weighted by molar-refractivity contribution is 7.98. The summed E-state index contributed by atoms with van der Waals surface area (Å²) in [6.07, 6.45) is 1.66. The summed E-state index contributed by atoms with van der Waals surface area (Å²) in [6, 6.07) is 17.8. The molecule has 8 heteroatoms. The third-order valence-corrected chi connectivity index (χ3v) is 7.04. The van der Waals surface area contributed by atoms with Crippen molar-refractivity contribution >= 4 is 23.4 Å². The van der Waals surface area contributed by atoms with Crippen molar-refractivity contribution in [3.8, 4) is 11.9 Å². The van der Waals surface area contributed by atoms with Crippen LogP contribution in [0.4, 0.5) is 5.69 Å². The first-order valence-electron chi connectivity index (χ1n) is 10.4. The van der Waals surface area contributed by atoms with Gasteiger partial charge in [-0.2, -0.15) is 5.26 Å². The van der Waals surface area contributed by atoms with E-state index in [1.807, 2.05) is 31.2 Å². The largest absolute Gasteiger partial charge is 0.420 e. The van der Waals surface area contributed by atoms with Gasteiger partial charge in [0.2, 0.25) is 17.7 Å². The summed E-state index contributed by atoms with van der Waals surface area (Å²) >= 11 is 1.61. The van der Waals surface area contributed by atoms with Crippen molar-refractivity contribution in [3.63, 3.8) is 0 Å². The molecule has 5 rings (SSSR count). The second kappa shape index (κ2) is 7.87. The molecule has 1 atom stereocenters. The molecular formula is C25H21N5O2S. The fourth-order valence-electron chi connectivity index (χ4n) is 4.56. The predicted octanol–water partition coefficient (Wildman–Crippen LogP) is 3.92. The second-order valence-electron chi connectivity index (χ2n) is 7.91. The molecule has 2 aromatic carbocycles. The minimum Gasteiger partial charge on any atom is -0.420 e. The standard InChI is InChI=1S/C25H21N5O2S/c1-3-12-30-20-7-5-4-6-17(20)25(24(30)31)18(13-26)22(27)32-23-21(25)19(28-29-23)14-33-16-10-8-15(2)9-11-16/h3-11H,1,12,14,27H2,2H3,(H,28,29)/t25-/m0/s1. The number of ether oxygens (including phenoxy) is 1. The first kappa shape index (κ1) is 20.9. The number of H-pyrrole nitrogens is 1. The van der Waals surface area contributed by atoms with E-state index in [1.54, 1.807) is 22.7 Å². The Balaban J connectivity index is 1.70. The van der Waals surface area contributed by atoms with E-state index >= 15 is 0 Å². The molecule has 0 bridgehead atoms.